The molecule has 1 saturated heterocycles. The van der Waals surface area contributed by atoms with Crippen LogP contribution in [0.25, 0.3) is 0 Å². The molecule has 1 aliphatic rings. The summed E-state index contributed by atoms with van der Waals surface area (Å²) in [5.74, 6) is -4.43. The van der Waals surface area contributed by atoms with E-state index in [2.05, 4.69) is 4.98 Å². The summed E-state index contributed by atoms with van der Waals surface area (Å²) in [6.45, 7) is 0.0375. The Balaban J connectivity index is 1.79. The summed E-state index contributed by atoms with van der Waals surface area (Å²) in [6.07, 6.45) is -3.09. The van der Waals surface area contributed by atoms with Gasteiger partial charge in [0.15, 0.2) is 10.7 Å². The van der Waals surface area contributed by atoms with E-state index in [4.69, 9.17) is 21.1 Å². The SMILES string of the molecule is CCc1ccc(CN(c2cccc(F)n2)S(=O)(=O)c2c(F)cc(N3CCC(CO)(OC(O)(O)O)C3)c(Cl)c2F)c(OC)c1. The van der Waals surface area contributed by atoms with Crippen molar-refractivity contribution in [1.82, 2.24) is 4.98 Å². The zero-order valence-electron chi connectivity index (χ0n) is 23.0. The van der Waals surface area contributed by atoms with Gasteiger partial charge in [-0.15, -0.1) is 0 Å². The molecule has 1 fully saturated rings. The molecule has 1 atom stereocenters. The smallest absolute Gasteiger partial charge is 0.405 e. The highest BCUT2D eigenvalue weighted by atomic mass is 35.5. The van der Waals surface area contributed by atoms with Crippen LogP contribution in [0.5, 0.6) is 5.75 Å². The second-order valence-electron chi connectivity index (χ2n) is 9.85. The van der Waals surface area contributed by atoms with Crippen LogP contribution in [-0.4, -0.2) is 72.4 Å². The Morgan fingerprint density at radius 2 is 1.88 bits per heavy atom. The molecule has 11 nitrogen and oxygen atoms in total. The molecular weight excluding hydrogens is 619 g/mol. The van der Waals surface area contributed by atoms with Crippen LogP contribution in [0, 0.1) is 17.6 Å². The second-order valence-corrected chi connectivity index (χ2v) is 12.0. The maximum absolute atomic E-state index is 15.8. The quantitative estimate of drug-likeness (QED) is 0.139. The number of benzene rings is 2. The van der Waals surface area contributed by atoms with Gasteiger partial charge in [-0.3, -0.25) is 4.74 Å². The van der Waals surface area contributed by atoms with Gasteiger partial charge < -0.3 is 30.1 Å². The largest absolute Gasteiger partial charge is 0.496 e. The van der Waals surface area contributed by atoms with Gasteiger partial charge in [-0.1, -0.05) is 36.7 Å². The van der Waals surface area contributed by atoms with Gasteiger partial charge in [0.2, 0.25) is 5.95 Å². The van der Waals surface area contributed by atoms with Crippen LogP contribution in [0.4, 0.5) is 24.7 Å². The number of aliphatic hydroxyl groups excluding tert-OH is 1. The highest BCUT2D eigenvalue weighted by molar-refractivity contribution is 7.92. The van der Waals surface area contributed by atoms with E-state index in [1.165, 1.54) is 18.1 Å². The number of rotatable bonds is 11. The fourth-order valence-electron chi connectivity index (χ4n) is 4.85. The molecule has 1 aliphatic heterocycles. The van der Waals surface area contributed by atoms with Crippen LogP contribution in [0.15, 0.2) is 47.4 Å². The summed E-state index contributed by atoms with van der Waals surface area (Å²) < 4.78 is 84.2. The predicted octanol–water partition coefficient (Wildman–Crippen LogP) is 2.66. The Morgan fingerprint density at radius 1 is 1.16 bits per heavy atom. The normalized spacial score (nSPS) is 17.4. The molecule has 43 heavy (non-hydrogen) atoms. The van der Waals surface area contributed by atoms with E-state index in [-0.39, 0.29) is 24.4 Å². The van der Waals surface area contributed by atoms with Crippen molar-refractivity contribution in [2.45, 2.75) is 43.0 Å². The number of methoxy groups -OCH3 is 1. The number of aryl methyl sites for hydroxylation is 1. The minimum absolute atomic E-state index is 0.0891. The minimum Gasteiger partial charge on any atom is -0.496 e. The highest BCUT2D eigenvalue weighted by Crippen LogP contribution is 2.40. The Bertz CT molecular complexity index is 1610. The maximum atomic E-state index is 15.8. The Hall–Kier alpha value is -3.18. The lowest BCUT2D eigenvalue weighted by Gasteiger charge is -2.31. The fraction of sp³-hybridized carbons (Fsp3) is 0.370. The van der Waals surface area contributed by atoms with E-state index in [1.807, 2.05) is 6.92 Å². The molecule has 1 aromatic heterocycles. The van der Waals surface area contributed by atoms with E-state index in [1.54, 1.807) is 18.2 Å². The first-order chi connectivity index (χ1) is 20.1. The van der Waals surface area contributed by atoms with Crippen molar-refractivity contribution in [2.75, 3.05) is 36.0 Å². The number of pyridine rings is 1. The fourth-order valence-corrected chi connectivity index (χ4v) is 6.68. The number of sulfonamides is 1. The van der Waals surface area contributed by atoms with Crippen molar-refractivity contribution in [2.24, 2.45) is 0 Å². The first-order valence-electron chi connectivity index (χ1n) is 12.9. The number of hydrogen-bond donors (Lipinski definition) is 4. The molecule has 4 N–H and O–H groups in total. The third-order valence-corrected chi connectivity index (χ3v) is 9.12. The van der Waals surface area contributed by atoms with Crippen LogP contribution in [0.2, 0.25) is 5.02 Å². The molecule has 0 spiro atoms. The van der Waals surface area contributed by atoms with Crippen LogP contribution < -0.4 is 13.9 Å². The highest BCUT2D eigenvalue weighted by Gasteiger charge is 2.46. The summed E-state index contributed by atoms with van der Waals surface area (Å²) in [6, 6.07) is 8.93. The van der Waals surface area contributed by atoms with Gasteiger partial charge in [-0.05, 0) is 36.6 Å². The van der Waals surface area contributed by atoms with Gasteiger partial charge in [-0.25, -0.2) is 26.5 Å². The topological polar surface area (TPSA) is 153 Å². The Kier molecular flexibility index (Phi) is 9.47. The monoisotopic (exact) mass is 647 g/mol. The lowest BCUT2D eigenvalue weighted by Crippen LogP contribution is -2.49. The number of nitrogens with zero attached hydrogens (tertiary/aromatic N) is 3. The van der Waals surface area contributed by atoms with Gasteiger partial charge in [0.25, 0.3) is 10.0 Å². The molecule has 2 heterocycles. The van der Waals surface area contributed by atoms with E-state index >= 15 is 8.78 Å². The van der Waals surface area contributed by atoms with E-state index < -0.39 is 74.8 Å². The summed E-state index contributed by atoms with van der Waals surface area (Å²) in [5.41, 5.74) is -0.923. The number of halogens is 4. The predicted molar refractivity (Wildman–Crippen MR) is 148 cm³/mol. The molecule has 0 bridgehead atoms. The van der Waals surface area contributed by atoms with Gasteiger partial charge in [0, 0.05) is 24.7 Å². The molecule has 0 amide bonds. The van der Waals surface area contributed by atoms with Crippen molar-refractivity contribution in [1.29, 1.82) is 0 Å². The number of aliphatic hydroxyl groups is 4. The van der Waals surface area contributed by atoms with Gasteiger partial charge >= 0.3 is 6.16 Å². The van der Waals surface area contributed by atoms with E-state index in [0.29, 0.717) is 22.4 Å². The summed E-state index contributed by atoms with van der Waals surface area (Å²) in [4.78, 5) is 3.40. The zero-order valence-corrected chi connectivity index (χ0v) is 24.5. The van der Waals surface area contributed by atoms with Crippen molar-refractivity contribution in [3.8, 4) is 5.75 Å². The summed E-state index contributed by atoms with van der Waals surface area (Å²) in [7, 11) is -3.79. The third-order valence-electron chi connectivity index (χ3n) is 6.97. The van der Waals surface area contributed by atoms with Crippen molar-refractivity contribution >= 4 is 33.1 Å². The molecule has 3 aromatic rings. The van der Waals surface area contributed by atoms with Gasteiger partial charge in [0.05, 0.1) is 25.9 Å². The van der Waals surface area contributed by atoms with Crippen LogP contribution in [0.3, 0.4) is 0 Å². The first-order valence-corrected chi connectivity index (χ1v) is 14.7. The third kappa shape index (κ3) is 6.82. The summed E-state index contributed by atoms with van der Waals surface area (Å²) in [5, 5.41) is 36.6. The molecule has 0 radical (unpaired) electrons. The van der Waals surface area contributed by atoms with E-state index in [9.17, 15) is 33.2 Å². The maximum Gasteiger partial charge on any atom is 0.405 e. The lowest BCUT2D eigenvalue weighted by molar-refractivity contribution is -0.480. The lowest BCUT2D eigenvalue weighted by atomic mass is 10.1. The molecular formula is C27H29ClF3N3O8S. The van der Waals surface area contributed by atoms with Crippen LogP contribution in [-0.2, 0) is 27.7 Å². The Morgan fingerprint density at radius 3 is 2.49 bits per heavy atom. The number of ether oxygens (including phenoxy) is 2. The van der Waals surface area contributed by atoms with Crippen LogP contribution in [0.1, 0.15) is 24.5 Å². The summed E-state index contributed by atoms with van der Waals surface area (Å²) >= 11 is 6.23. The second kappa shape index (κ2) is 12.4. The molecule has 0 aliphatic carbocycles. The number of anilines is 2. The Labute approximate surface area is 250 Å². The van der Waals surface area contributed by atoms with Gasteiger partial charge in [-0.2, -0.15) is 4.39 Å². The number of aromatic nitrogens is 1. The average Bonchev–Trinajstić information content (AvgIpc) is 3.36. The standard InChI is InChI=1S/C27H29ClF3N3O8S/c1-3-16-7-8-17(20(11-16)41-2)13-34(22-6-4-5-21(30)32-22)43(39,40)25-18(29)12-19(23(28)24(25)31)33-10-9-26(14-33,15-35)42-27(36,37)38/h4-8,11-12,35-38H,3,9-10,13-15H2,1-2H3. The minimum atomic E-state index is -5.15. The molecule has 0 saturated carbocycles. The van der Waals surface area contributed by atoms with Crippen molar-refractivity contribution in [3.63, 3.8) is 0 Å². The first kappa shape index (κ1) is 32.7. The molecule has 234 valence electrons. The molecule has 2 aromatic carbocycles. The molecule has 1 unspecified atom stereocenters. The molecule has 4 rings (SSSR count). The van der Waals surface area contributed by atoms with Crippen molar-refractivity contribution in [3.05, 3.63) is 76.2 Å². The van der Waals surface area contributed by atoms with Crippen LogP contribution >= 0.6 is 11.6 Å². The van der Waals surface area contributed by atoms with Gasteiger partial charge in [0.1, 0.15) is 28.0 Å². The zero-order chi connectivity index (χ0) is 31.7. The van der Waals surface area contributed by atoms with E-state index in [0.717, 1.165) is 17.7 Å². The molecule has 16 heteroatoms. The number of hydrogen-bond acceptors (Lipinski definition) is 10. The average molecular weight is 648 g/mol. The van der Waals surface area contributed by atoms with Crippen molar-refractivity contribution < 1.29 is 51.5 Å².